The second kappa shape index (κ2) is 6.21. The molecule has 1 heterocycles. The number of nitrogens with zero attached hydrogens (tertiary/aromatic N) is 1. The highest BCUT2D eigenvalue weighted by atomic mass is 19.1. The predicted octanol–water partition coefficient (Wildman–Crippen LogP) is 2.49. The van der Waals surface area contributed by atoms with E-state index in [4.69, 9.17) is 19.9 Å². The molecule has 2 aromatic rings. The van der Waals surface area contributed by atoms with E-state index in [1.54, 1.807) is 32.4 Å². The fraction of sp³-hybridized carbons (Fsp3) is 0.214. The summed E-state index contributed by atoms with van der Waals surface area (Å²) in [5.74, 6) is 1.42. The van der Waals surface area contributed by atoms with Gasteiger partial charge in [-0.15, -0.1) is 0 Å². The first-order chi connectivity index (χ1) is 9.66. The van der Waals surface area contributed by atoms with Crippen molar-refractivity contribution in [3.8, 4) is 23.1 Å². The van der Waals surface area contributed by atoms with Gasteiger partial charge in [0.25, 0.3) is 0 Å². The summed E-state index contributed by atoms with van der Waals surface area (Å²) < 4.78 is 29.0. The summed E-state index contributed by atoms with van der Waals surface area (Å²) in [5, 5.41) is 0. The van der Waals surface area contributed by atoms with E-state index < -0.39 is 5.82 Å². The third kappa shape index (κ3) is 3.16. The van der Waals surface area contributed by atoms with E-state index >= 15 is 0 Å². The van der Waals surface area contributed by atoms with Crippen molar-refractivity contribution in [3.05, 3.63) is 41.8 Å². The Hall–Kier alpha value is -2.34. The molecular formula is C14H15FN2O3. The van der Waals surface area contributed by atoms with Crippen molar-refractivity contribution >= 4 is 0 Å². The Labute approximate surface area is 116 Å². The van der Waals surface area contributed by atoms with Crippen LogP contribution in [0.1, 0.15) is 5.56 Å². The van der Waals surface area contributed by atoms with Crippen LogP contribution in [0.25, 0.3) is 0 Å². The molecule has 1 aromatic carbocycles. The number of hydrogen-bond acceptors (Lipinski definition) is 5. The molecule has 106 valence electrons. The maximum absolute atomic E-state index is 13.1. The highest BCUT2D eigenvalue weighted by Crippen LogP contribution is 2.31. The standard InChI is InChI=1S/C14H15FN2O3/c1-18-11-4-12(19-2)6-13(5-11)20-14-9(7-16)3-10(15)8-17-14/h3-6,8H,7,16H2,1-2H3. The van der Waals surface area contributed by atoms with E-state index in [9.17, 15) is 4.39 Å². The maximum Gasteiger partial charge on any atom is 0.223 e. The Morgan fingerprint density at radius 2 is 1.65 bits per heavy atom. The molecule has 1 aromatic heterocycles. The predicted molar refractivity (Wildman–Crippen MR) is 71.7 cm³/mol. The third-order valence-electron chi connectivity index (χ3n) is 2.65. The number of nitrogens with two attached hydrogens (primary N) is 1. The van der Waals surface area contributed by atoms with Crippen molar-refractivity contribution in [2.45, 2.75) is 6.54 Å². The van der Waals surface area contributed by atoms with Crippen molar-refractivity contribution in [2.75, 3.05) is 14.2 Å². The van der Waals surface area contributed by atoms with Crippen LogP contribution in [-0.2, 0) is 6.54 Å². The molecule has 0 saturated carbocycles. The molecule has 0 aliphatic carbocycles. The van der Waals surface area contributed by atoms with E-state index in [1.165, 1.54) is 6.07 Å². The van der Waals surface area contributed by atoms with E-state index in [2.05, 4.69) is 4.98 Å². The number of methoxy groups -OCH3 is 2. The van der Waals surface area contributed by atoms with Gasteiger partial charge in [-0.3, -0.25) is 0 Å². The average Bonchev–Trinajstić information content (AvgIpc) is 2.48. The molecule has 0 fully saturated rings. The lowest BCUT2D eigenvalue weighted by Gasteiger charge is -2.11. The summed E-state index contributed by atoms with van der Waals surface area (Å²) in [4.78, 5) is 3.90. The van der Waals surface area contributed by atoms with Crippen LogP contribution < -0.4 is 19.9 Å². The molecule has 0 aliphatic heterocycles. The summed E-state index contributed by atoms with van der Waals surface area (Å²) >= 11 is 0. The average molecular weight is 278 g/mol. The van der Waals surface area contributed by atoms with Crippen LogP contribution in [-0.4, -0.2) is 19.2 Å². The molecule has 0 atom stereocenters. The number of halogens is 1. The normalized spacial score (nSPS) is 10.2. The van der Waals surface area contributed by atoms with Crippen LogP contribution >= 0.6 is 0 Å². The van der Waals surface area contributed by atoms with E-state index in [0.717, 1.165) is 6.20 Å². The zero-order valence-electron chi connectivity index (χ0n) is 11.2. The fourth-order valence-corrected chi connectivity index (χ4v) is 1.66. The van der Waals surface area contributed by atoms with Crippen LogP contribution in [0.5, 0.6) is 23.1 Å². The Morgan fingerprint density at radius 1 is 1.05 bits per heavy atom. The molecule has 5 nitrogen and oxygen atoms in total. The SMILES string of the molecule is COc1cc(OC)cc(Oc2ncc(F)cc2CN)c1. The van der Waals surface area contributed by atoms with Crippen molar-refractivity contribution in [3.63, 3.8) is 0 Å². The van der Waals surface area contributed by atoms with E-state index in [1.807, 2.05) is 0 Å². The van der Waals surface area contributed by atoms with Crippen molar-refractivity contribution in [1.29, 1.82) is 0 Å². The van der Waals surface area contributed by atoms with Gasteiger partial charge >= 0.3 is 0 Å². The molecule has 2 rings (SSSR count). The zero-order chi connectivity index (χ0) is 14.5. The first-order valence-corrected chi connectivity index (χ1v) is 5.91. The van der Waals surface area contributed by atoms with Crippen molar-refractivity contribution in [1.82, 2.24) is 4.98 Å². The molecule has 0 radical (unpaired) electrons. The molecule has 0 bridgehead atoms. The third-order valence-corrected chi connectivity index (χ3v) is 2.65. The van der Waals surface area contributed by atoms with Gasteiger partial charge in [0, 0.05) is 30.3 Å². The highest BCUT2D eigenvalue weighted by molar-refractivity contribution is 5.44. The Kier molecular flexibility index (Phi) is 4.37. The largest absolute Gasteiger partial charge is 0.496 e. The molecule has 0 amide bonds. The summed E-state index contributed by atoms with van der Waals surface area (Å²) in [6.45, 7) is 0.126. The number of ether oxygens (including phenoxy) is 3. The summed E-state index contributed by atoms with van der Waals surface area (Å²) in [6.07, 6.45) is 1.08. The van der Waals surface area contributed by atoms with Crippen molar-refractivity contribution in [2.24, 2.45) is 5.73 Å². The molecule has 6 heteroatoms. The number of pyridine rings is 1. The minimum Gasteiger partial charge on any atom is -0.496 e. The van der Waals surface area contributed by atoms with Crippen molar-refractivity contribution < 1.29 is 18.6 Å². The summed E-state index contributed by atoms with van der Waals surface area (Å²) in [5.41, 5.74) is 6.03. The number of rotatable bonds is 5. The first kappa shape index (κ1) is 14.1. The summed E-state index contributed by atoms with van der Waals surface area (Å²) in [6, 6.07) is 6.36. The number of benzene rings is 1. The first-order valence-electron chi connectivity index (χ1n) is 5.91. The quantitative estimate of drug-likeness (QED) is 0.910. The molecule has 0 saturated heterocycles. The number of hydrogen-bond donors (Lipinski definition) is 1. The minimum absolute atomic E-state index is 0.126. The highest BCUT2D eigenvalue weighted by Gasteiger charge is 2.09. The smallest absolute Gasteiger partial charge is 0.223 e. The zero-order valence-corrected chi connectivity index (χ0v) is 11.2. The van der Waals surface area contributed by atoms with Gasteiger partial charge in [0.2, 0.25) is 5.88 Å². The topological polar surface area (TPSA) is 66.6 Å². The Morgan fingerprint density at radius 3 is 2.20 bits per heavy atom. The fourth-order valence-electron chi connectivity index (χ4n) is 1.66. The van der Waals surface area contributed by atoms with Gasteiger partial charge in [-0.1, -0.05) is 0 Å². The monoisotopic (exact) mass is 278 g/mol. The number of aromatic nitrogens is 1. The van der Waals surface area contributed by atoms with Gasteiger partial charge < -0.3 is 19.9 Å². The van der Waals surface area contributed by atoms with Gasteiger partial charge in [-0.2, -0.15) is 0 Å². The van der Waals surface area contributed by atoms with Gasteiger partial charge in [0.05, 0.1) is 20.4 Å². The van der Waals surface area contributed by atoms with Crippen LogP contribution in [0.3, 0.4) is 0 Å². The molecule has 0 spiro atoms. The second-order valence-electron chi connectivity index (χ2n) is 3.97. The Bertz CT molecular complexity index is 583. The van der Waals surface area contributed by atoms with Gasteiger partial charge in [-0.05, 0) is 6.07 Å². The van der Waals surface area contributed by atoms with E-state index in [0.29, 0.717) is 22.8 Å². The minimum atomic E-state index is -0.457. The molecule has 2 N–H and O–H groups in total. The van der Waals surface area contributed by atoms with Crippen LogP contribution in [0, 0.1) is 5.82 Å². The van der Waals surface area contributed by atoms with Crippen LogP contribution in [0.2, 0.25) is 0 Å². The van der Waals surface area contributed by atoms with Gasteiger partial charge in [0.1, 0.15) is 23.1 Å². The molecular weight excluding hydrogens is 263 g/mol. The van der Waals surface area contributed by atoms with Gasteiger partial charge in [-0.25, -0.2) is 9.37 Å². The van der Waals surface area contributed by atoms with Crippen LogP contribution in [0.15, 0.2) is 30.5 Å². The maximum atomic E-state index is 13.1. The Balaban J connectivity index is 2.34. The van der Waals surface area contributed by atoms with Crippen LogP contribution in [0.4, 0.5) is 4.39 Å². The molecule has 0 aliphatic rings. The molecule has 20 heavy (non-hydrogen) atoms. The van der Waals surface area contributed by atoms with E-state index in [-0.39, 0.29) is 12.4 Å². The lowest BCUT2D eigenvalue weighted by molar-refractivity contribution is 0.384. The second-order valence-corrected chi connectivity index (χ2v) is 3.97. The summed E-state index contributed by atoms with van der Waals surface area (Å²) in [7, 11) is 3.08. The lowest BCUT2D eigenvalue weighted by atomic mass is 10.2. The molecule has 0 unspecified atom stereocenters. The van der Waals surface area contributed by atoms with Gasteiger partial charge in [0.15, 0.2) is 0 Å². The lowest BCUT2D eigenvalue weighted by Crippen LogP contribution is -2.02.